The smallest absolute Gasteiger partial charge is 0.339 e. The molecule has 1 aromatic carbocycles. The van der Waals surface area contributed by atoms with Gasteiger partial charge in [-0.1, -0.05) is 24.6 Å². The highest BCUT2D eigenvalue weighted by Crippen LogP contribution is 2.26. The van der Waals surface area contributed by atoms with Gasteiger partial charge in [0.05, 0.1) is 11.9 Å². The Morgan fingerprint density at radius 2 is 2.00 bits per heavy atom. The third kappa shape index (κ3) is 3.68. The first-order valence-electron chi connectivity index (χ1n) is 7.29. The van der Waals surface area contributed by atoms with Crippen LogP contribution in [0.3, 0.4) is 0 Å². The summed E-state index contributed by atoms with van der Waals surface area (Å²) in [6.07, 6.45) is 1.26. The van der Waals surface area contributed by atoms with E-state index in [-0.39, 0.29) is 22.7 Å². The van der Waals surface area contributed by atoms with Gasteiger partial charge in [-0.25, -0.2) is 9.18 Å². The van der Waals surface area contributed by atoms with Gasteiger partial charge in [0.25, 0.3) is 0 Å². The molecule has 25 heavy (non-hydrogen) atoms. The SMILES string of the molecule is CCc1cc(Cc2c(C(=O)O)cnn2S(=O)(=O)N(C)C)c(Cl)cc1F. The lowest BCUT2D eigenvalue weighted by molar-refractivity contribution is 0.0696. The van der Waals surface area contributed by atoms with E-state index in [4.69, 9.17) is 11.6 Å². The van der Waals surface area contributed by atoms with Crippen LogP contribution in [0.25, 0.3) is 0 Å². The van der Waals surface area contributed by atoms with E-state index in [1.54, 1.807) is 6.92 Å². The standard InChI is InChI=1S/C15H17ClFN3O4S/c1-4-9-5-10(12(16)7-13(9)17)6-14-11(15(21)22)8-18-20(14)25(23,24)19(2)3/h5,7-8H,4,6H2,1-3H3,(H,21,22). The topological polar surface area (TPSA) is 92.5 Å². The molecular formula is C15H17ClFN3O4S. The van der Waals surface area contributed by atoms with E-state index in [9.17, 15) is 22.7 Å². The molecule has 1 heterocycles. The zero-order valence-corrected chi connectivity index (χ0v) is 15.4. The second kappa shape index (κ2) is 7.11. The Labute approximate surface area is 149 Å². The third-order valence-electron chi connectivity index (χ3n) is 3.70. The Morgan fingerprint density at radius 1 is 1.36 bits per heavy atom. The van der Waals surface area contributed by atoms with E-state index in [1.165, 1.54) is 20.2 Å². The molecule has 0 spiro atoms. The molecule has 1 aromatic heterocycles. The summed E-state index contributed by atoms with van der Waals surface area (Å²) in [5, 5.41) is 13.1. The van der Waals surface area contributed by atoms with Crippen LogP contribution < -0.4 is 0 Å². The lowest BCUT2D eigenvalue weighted by atomic mass is 10.0. The van der Waals surface area contributed by atoms with Gasteiger partial charge in [-0.15, -0.1) is 4.09 Å². The Kier molecular flexibility index (Phi) is 5.50. The summed E-state index contributed by atoms with van der Waals surface area (Å²) in [5.74, 6) is -1.78. The molecule has 0 atom stereocenters. The van der Waals surface area contributed by atoms with Gasteiger partial charge in [0, 0.05) is 25.5 Å². The molecule has 136 valence electrons. The number of aromatic carboxylic acids is 1. The van der Waals surface area contributed by atoms with Gasteiger partial charge in [0.1, 0.15) is 11.4 Å². The summed E-state index contributed by atoms with van der Waals surface area (Å²) >= 11 is 6.06. The molecule has 0 saturated heterocycles. The molecule has 2 rings (SSSR count). The van der Waals surface area contributed by atoms with Crippen LogP contribution in [-0.4, -0.2) is 47.1 Å². The van der Waals surface area contributed by atoms with Gasteiger partial charge in [-0.05, 0) is 23.6 Å². The number of nitrogens with zero attached hydrogens (tertiary/aromatic N) is 3. The Morgan fingerprint density at radius 3 is 2.52 bits per heavy atom. The van der Waals surface area contributed by atoms with Crippen molar-refractivity contribution in [1.29, 1.82) is 0 Å². The quantitative estimate of drug-likeness (QED) is 0.817. The number of carbonyl (C=O) groups is 1. The van der Waals surface area contributed by atoms with Crippen molar-refractivity contribution in [3.8, 4) is 0 Å². The van der Waals surface area contributed by atoms with Crippen LogP contribution >= 0.6 is 11.6 Å². The van der Waals surface area contributed by atoms with Crippen molar-refractivity contribution in [3.05, 3.63) is 51.6 Å². The van der Waals surface area contributed by atoms with Crippen molar-refractivity contribution in [2.75, 3.05) is 14.1 Å². The molecule has 2 aromatic rings. The maximum atomic E-state index is 13.8. The number of benzene rings is 1. The van der Waals surface area contributed by atoms with Gasteiger partial charge in [-0.3, -0.25) is 0 Å². The lowest BCUT2D eigenvalue weighted by Crippen LogP contribution is -2.31. The molecule has 0 bridgehead atoms. The molecule has 0 unspecified atom stereocenters. The summed E-state index contributed by atoms with van der Waals surface area (Å²) in [4.78, 5) is 11.4. The molecule has 0 aliphatic carbocycles. The number of aryl methyl sites for hydroxylation is 1. The highest BCUT2D eigenvalue weighted by atomic mass is 35.5. The summed E-state index contributed by atoms with van der Waals surface area (Å²) in [5.41, 5.74) is 0.497. The minimum Gasteiger partial charge on any atom is -0.478 e. The summed E-state index contributed by atoms with van der Waals surface area (Å²) < 4.78 is 40.1. The summed E-state index contributed by atoms with van der Waals surface area (Å²) in [7, 11) is -1.40. The second-order valence-corrected chi connectivity index (χ2v) is 7.89. The van der Waals surface area contributed by atoms with Crippen LogP contribution in [0.15, 0.2) is 18.3 Å². The Hall–Kier alpha value is -1.97. The summed E-state index contributed by atoms with van der Waals surface area (Å²) in [6, 6.07) is 2.64. The molecule has 0 radical (unpaired) electrons. The average Bonchev–Trinajstić information content (AvgIpc) is 2.94. The number of carboxylic acid groups (broad SMARTS) is 1. The van der Waals surface area contributed by atoms with Crippen molar-refractivity contribution in [3.63, 3.8) is 0 Å². The highest BCUT2D eigenvalue weighted by Gasteiger charge is 2.27. The van der Waals surface area contributed by atoms with Crippen LogP contribution in [0, 0.1) is 5.82 Å². The van der Waals surface area contributed by atoms with Gasteiger partial charge in [0.2, 0.25) is 0 Å². The first-order chi connectivity index (χ1) is 11.6. The van der Waals surface area contributed by atoms with Crippen LogP contribution in [0.2, 0.25) is 5.02 Å². The highest BCUT2D eigenvalue weighted by molar-refractivity contribution is 7.87. The molecule has 10 heteroatoms. The fourth-order valence-electron chi connectivity index (χ4n) is 2.28. The summed E-state index contributed by atoms with van der Waals surface area (Å²) in [6.45, 7) is 1.76. The number of aromatic nitrogens is 2. The molecule has 0 aliphatic heterocycles. The number of hydrogen-bond donors (Lipinski definition) is 1. The van der Waals surface area contributed by atoms with Crippen molar-refractivity contribution < 1.29 is 22.7 Å². The minimum atomic E-state index is -4.02. The zero-order valence-electron chi connectivity index (χ0n) is 13.8. The zero-order chi connectivity index (χ0) is 18.9. The third-order valence-corrected chi connectivity index (χ3v) is 5.72. The van der Waals surface area contributed by atoms with E-state index in [1.807, 2.05) is 0 Å². The number of halogens is 2. The Bertz CT molecular complexity index is 925. The van der Waals surface area contributed by atoms with E-state index in [0.29, 0.717) is 21.6 Å². The molecule has 7 nitrogen and oxygen atoms in total. The van der Waals surface area contributed by atoms with Crippen LogP contribution in [0.5, 0.6) is 0 Å². The van der Waals surface area contributed by atoms with Gasteiger partial charge < -0.3 is 5.11 Å². The van der Waals surface area contributed by atoms with Crippen LogP contribution in [0.1, 0.15) is 34.1 Å². The molecule has 0 amide bonds. The fraction of sp³-hybridized carbons (Fsp3) is 0.333. The predicted molar refractivity (Wildman–Crippen MR) is 90.8 cm³/mol. The van der Waals surface area contributed by atoms with Crippen molar-refractivity contribution >= 4 is 27.8 Å². The van der Waals surface area contributed by atoms with Crippen molar-refractivity contribution in [1.82, 2.24) is 13.5 Å². The fourth-order valence-corrected chi connectivity index (χ4v) is 3.42. The lowest BCUT2D eigenvalue weighted by Gasteiger charge is -2.15. The largest absolute Gasteiger partial charge is 0.478 e. The van der Waals surface area contributed by atoms with Gasteiger partial charge in [-0.2, -0.15) is 17.8 Å². The maximum absolute atomic E-state index is 13.8. The average molecular weight is 390 g/mol. The molecule has 0 saturated carbocycles. The van der Waals surface area contributed by atoms with Crippen molar-refractivity contribution in [2.24, 2.45) is 0 Å². The van der Waals surface area contributed by atoms with E-state index < -0.39 is 22.0 Å². The van der Waals surface area contributed by atoms with E-state index in [2.05, 4.69) is 5.10 Å². The molecule has 0 fully saturated rings. The van der Waals surface area contributed by atoms with Gasteiger partial charge >= 0.3 is 16.2 Å². The predicted octanol–water partition coefficient (Wildman–Crippen LogP) is 2.18. The molecule has 1 N–H and O–H groups in total. The van der Waals surface area contributed by atoms with Crippen molar-refractivity contribution in [2.45, 2.75) is 19.8 Å². The minimum absolute atomic E-state index is 0.0586. The van der Waals surface area contributed by atoms with E-state index in [0.717, 1.165) is 16.6 Å². The van der Waals surface area contributed by atoms with E-state index >= 15 is 0 Å². The number of rotatable bonds is 6. The normalized spacial score (nSPS) is 11.9. The maximum Gasteiger partial charge on any atom is 0.339 e. The number of hydrogen-bond acceptors (Lipinski definition) is 4. The monoisotopic (exact) mass is 389 g/mol. The van der Waals surface area contributed by atoms with Crippen LogP contribution in [0.4, 0.5) is 4.39 Å². The molecule has 0 aliphatic rings. The Balaban J connectivity index is 2.63. The first-order valence-corrected chi connectivity index (χ1v) is 9.07. The number of carboxylic acids is 1. The second-order valence-electron chi connectivity index (χ2n) is 5.51. The molecular weight excluding hydrogens is 373 g/mol. The van der Waals surface area contributed by atoms with Gasteiger partial charge in [0.15, 0.2) is 0 Å². The first kappa shape index (κ1) is 19.4. The van der Waals surface area contributed by atoms with Crippen LogP contribution in [-0.2, 0) is 23.1 Å².